The third kappa shape index (κ3) is 13.9. The Morgan fingerprint density at radius 2 is 1.50 bits per heavy atom. The topological polar surface area (TPSA) is 39.7 Å². The van der Waals surface area contributed by atoms with E-state index in [4.69, 9.17) is 14.2 Å². The summed E-state index contributed by atoms with van der Waals surface area (Å²) in [5.41, 5.74) is 0.199. The lowest BCUT2D eigenvalue weighted by molar-refractivity contribution is 0.0221. The highest BCUT2D eigenvalue weighted by Crippen LogP contribution is 2.04. The minimum absolute atomic E-state index is 0.199. The van der Waals surface area contributed by atoms with Crippen LogP contribution in [0.25, 0.3) is 0 Å². The molecular formula is C14H31NO3. The normalized spacial score (nSPS) is 13.8. The van der Waals surface area contributed by atoms with Crippen LogP contribution in [0.4, 0.5) is 0 Å². The molecule has 0 heterocycles. The Balaban J connectivity index is 3.23. The van der Waals surface area contributed by atoms with Crippen LogP contribution in [-0.2, 0) is 14.2 Å². The Bertz CT molecular complexity index is 180. The zero-order chi connectivity index (χ0) is 13.9. The van der Waals surface area contributed by atoms with Gasteiger partial charge in [-0.15, -0.1) is 0 Å². The van der Waals surface area contributed by atoms with Crippen molar-refractivity contribution in [1.29, 1.82) is 0 Å². The first-order chi connectivity index (χ1) is 8.45. The number of ether oxygens (including phenoxy) is 3. The van der Waals surface area contributed by atoms with Crippen LogP contribution in [0.1, 0.15) is 34.1 Å². The Morgan fingerprint density at radius 3 is 2.06 bits per heavy atom. The molecule has 1 N–H and O–H groups in total. The molecule has 0 aromatic heterocycles. The standard InChI is InChI=1S/C14H31NO3/c1-13(12-15-14(2,3)4)6-7-17-10-11-18-9-8-16-5/h13,15H,6-12H2,1-5H3. The van der Waals surface area contributed by atoms with Crippen LogP contribution in [0.2, 0.25) is 0 Å². The maximum absolute atomic E-state index is 5.52. The highest BCUT2D eigenvalue weighted by atomic mass is 16.5. The molecule has 0 aliphatic carbocycles. The van der Waals surface area contributed by atoms with Gasteiger partial charge in [0, 0.05) is 19.3 Å². The van der Waals surface area contributed by atoms with E-state index in [1.54, 1.807) is 7.11 Å². The lowest BCUT2D eigenvalue weighted by atomic mass is 10.0. The Hall–Kier alpha value is -0.160. The molecule has 0 radical (unpaired) electrons. The van der Waals surface area contributed by atoms with Crippen molar-refractivity contribution in [3.63, 3.8) is 0 Å². The summed E-state index contributed by atoms with van der Waals surface area (Å²) in [4.78, 5) is 0. The molecule has 0 aliphatic heterocycles. The molecular weight excluding hydrogens is 230 g/mol. The molecule has 4 nitrogen and oxygen atoms in total. The van der Waals surface area contributed by atoms with Crippen LogP contribution in [0, 0.1) is 5.92 Å². The van der Waals surface area contributed by atoms with E-state index < -0.39 is 0 Å². The van der Waals surface area contributed by atoms with Gasteiger partial charge in [-0.05, 0) is 39.7 Å². The quantitative estimate of drug-likeness (QED) is 0.578. The van der Waals surface area contributed by atoms with Gasteiger partial charge in [0.15, 0.2) is 0 Å². The number of hydrogen-bond acceptors (Lipinski definition) is 4. The maximum Gasteiger partial charge on any atom is 0.0701 e. The second kappa shape index (κ2) is 10.7. The van der Waals surface area contributed by atoms with Gasteiger partial charge < -0.3 is 19.5 Å². The monoisotopic (exact) mass is 261 g/mol. The Morgan fingerprint density at radius 1 is 0.944 bits per heavy atom. The summed E-state index contributed by atoms with van der Waals surface area (Å²) in [6.07, 6.45) is 1.08. The molecule has 1 atom stereocenters. The zero-order valence-electron chi connectivity index (χ0n) is 12.8. The minimum Gasteiger partial charge on any atom is -0.382 e. The van der Waals surface area contributed by atoms with Gasteiger partial charge in [-0.2, -0.15) is 0 Å². The summed E-state index contributed by atoms with van der Waals surface area (Å²) >= 11 is 0. The first-order valence-corrected chi connectivity index (χ1v) is 6.85. The smallest absolute Gasteiger partial charge is 0.0701 e. The molecule has 0 saturated heterocycles. The lowest BCUT2D eigenvalue weighted by Crippen LogP contribution is -2.38. The summed E-state index contributed by atoms with van der Waals surface area (Å²) in [6, 6.07) is 0. The van der Waals surface area contributed by atoms with Crippen molar-refractivity contribution in [3.05, 3.63) is 0 Å². The predicted octanol–water partition coefficient (Wildman–Crippen LogP) is 2.08. The fourth-order valence-electron chi connectivity index (χ4n) is 1.33. The van der Waals surface area contributed by atoms with Crippen molar-refractivity contribution >= 4 is 0 Å². The number of nitrogens with one attached hydrogen (secondary N) is 1. The molecule has 0 aromatic carbocycles. The fraction of sp³-hybridized carbons (Fsp3) is 1.00. The molecule has 110 valence electrons. The molecule has 0 fully saturated rings. The van der Waals surface area contributed by atoms with E-state index in [2.05, 4.69) is 33.0 Å². The first-order valence-electron chi connectivity index (χ1n) is 6.85. The second-order valence-electron chi connectivity index (χ2n) is 5.74. The molecule has 18 heavy (non-hydrogen) atoms. The van der Waals surface area contributed by atoms with Gasteiger partial charge in [0.25, 0.3) is 0 Å². The largest absolute Gasteiger partial charge is 0.382 e. The summed E-state index contributed by atoms with van der Waals surface area (Å²) in [7, 11) is 1.67. The zero-order valence-corrected chi connectivity index (χ0v) is 12.8. The van der Waals surface area contributed by atoms with Gasteiger partial charge in [0.1, 0.15) is 0 Å². The highest BCUT2D eigenvalue weighted by molar-refractivity contribution is 4.71. The van der Waals surface area contributed by atoms with Crippen molar-refractivity contribution in [2.75, 3.05) is 46.7 Å². The van der Waals surface area contributed by atoms with E-state index in [0.29, 0.717) is 32.3 Å². The lowest BCUT2D eigenvalue weighted by Gasteiger charge is -2.23. The molecule has 4 heteroatoms. The van der Waals surface area contributed by atoms with Gasteiger partial charge in [0.2, 0.25) is 0 Å². The first kappa shape index (κ1) is 17.8. The number of methoxy groups -OCH3 is 1. The van der Waals surface area contributed by atoms with Gasteiger partial charge in [-0.1, -0.05) is 6.92 Å². The highest BCUT2D eigenvalue weighted by Gasteiger charge is 2.10. The average molecular weight is 261 g/mol. The summed E-state index contributed by atoms with van der Waals surface area (Å²) in [5.74, 6) is 0.638. The van der Waals surface area contributed by atoms with Crippen molar-refractivity contribution < 1.29 is 14.2 Å². The molecule has 0 amide bonds. The molecule has 0 bridgehead atoms. The van der Waals surface area contributed by atoms with E-state index in [1.165, 1.54) is 0 Å². The van der Waals surface area contributed by atoms with E-state index in [1.807, 2.05) is 0 Å². The molecule has 0 spiro atoms. The number of hydrogen-bond donors (Lipinski definition) is 1. The number of rotatable bonds is 11. The van der Waals surface area contributed by atoms with E-state index in [-0.39, 0.29) is 5.54 Å². The third-order valence-electron chi connectivity index (χ3n) is 2.54. The summed E-state index contributed by atoms with van der Waals surface area (Å²) in [6.45, 7) is 13.3. The summed E-state index contributed by atoms with van der Waals surface area (Å²) in [5, 5.41) is 3.50. The van der Waals surface area contributed by atoms with Crippen molar-refractivity contribution in [1.82, 2.24) is 5.32 Å². The van der Waals surface area contributed by atoms with Crippen LogP contribution in [0.15, 0.2) is 0 Å². The van der Waals surface area contributed by atoms with Gasteiger partial charge in [-0.25, -0.2) is 0 Å². The molecule has 0 aromatic rings. The van der Waals surface area contributed by atoms with Gasteiger partial charge >= 0.3 is 0 Å². The van der Waals surface area contributed by atoms with Crippen LogP contribution in [-0.4, -0.2) is 52.2 Å². The van der Waals surface area contributed by atoms with Crippen molar-refractivity contribution in [2.45, 2.75) is 39.7 Å². The van der Waals surface area contributed by atoms with Crippen molar-refractivity contribution in [2.24, 2.45) is 5.92 Å². The van der Waals surface area contributed by atoms with E-state index in [9.17, 15) is 0 Å². The SMILES string of the molecule is COCCOCCOCCC(C)CNC(C)(C)C. The predicted molar refractivity (Wildman–Crippen MR) is 75.1 cm³/mol. The van der Waals surface area contributed by atoms with Crippen LogP contribution in [0.3, 0.4) is 0 Å². The third-order valence-corrected chi connectivity index (χ3v) is 2.54. The van der Waals surface area contributed by atoms with Crippen molar-refractivity contribution in [3.8, 4) is 0 Å². The van der Waals surface area contributed by atoms with E-state index >= 15 is 0 Å². The second-order valence-corrected chi connectivity index (χ2v) is 5.74. The van der Waals surface area contributed by atoms with Crippen LogP contribution >= 0.6 is 0 Å². The van der Waals surface area contributed by atoms with Crippen LogP contribution in [0.5, 0.6) is 0 Å². The molecule has 1 unspecified atom stereocenters. The molecule has 0 rings (SSSR count). The fourth-order valence-corrected chi connectivity index (χ4v) is 1.33. The summed E-state index contributed by atoms with van der Waals surface area (Å²) < 4.78 is 15.7. The molecule has 0 saturated carbocycles. The Kier molecular flexibility index (Phi) is 10.6. The Labute approximate surface area is 112 Å². The minimum atomic E-state index is 0.199. The average Bonchev–Trinajstić information content (AvgIpc) is 2.29. The van der Waals surface area contributed by atoms with Gasteiger partial charge in [0.05, 0.1) is 26.4 Å². The van der Waals surface area contributed by atoms with Crippen LogP contribution < -0.4 is 5.32 Å². The van der Waals surface area contributed by atoms with Gasteiger partial charge in [-0.3, -0.25) is 0 Å². The maximum atomic E-state index is 5.52. The van der Waals surface area contributed by atoms with E-state index in [0.717, 1.165) is 19.6 Å². The molecule has 0 aliphatic rings.